The summed E-state index contributed by atoms with van der Waals surface area (Å²) in [4.78, 5) is 0.128. The first-order valence-corrected chi connectivity index (χ1v) is 9.37. The molecular formula is C16H17BrFNO3S. The molecule has 2 aromatic carbocycles. The number of aliphatic hydroxyl groups is 1. The summed E-state index contributed by atoms with van der Waals surface area (Å²) >= 11 is 3.20. The van der Waals surface area contributed by atoms with Crippen molar-refractivity contribution in [1.29, 1.82) is 0 Å². The quantitative estimate of drug-likeness (QED) is 0.699. The van der Waals surface area contributed by atoms with E-state index in [1.807, 2.05) is 0 Å². The second-order valence-electron chi connectivity index (χ2n) is 4.98. The number of rotatable bonds is 7. The Bertz CT molecular complexity index is 763. The molecule has 0 spiro atoms. The fraction of sp³-hybridized carbons (Fsp3) is 0.250. The van der Waals surface area contributed by atoms with Crippen molar-refractivity contribution in [2.75, 3.05) is 13.2 Å². The predicted molar refractivity (Wildman–Crippen MR) is 91.0 cm³/mol. The Morgan fingerprint density at radius 3 is 2.39 bits per heavy atom. The molecular weight excluding hydrogens is 385 g/mol. The van der Waals surface area contributed by atoms with E-state index in [9.17, 15) is 12.8 Å². The van der Waals surface area contributed by atoms with Gasteiger partial charge in [-0.25, -0.2) is 17.5 Å². The number of sulfonamides is 1. The van der Waals surface area contributed by atoms with E-state index in [2.05, 4.69) is 20.7 Å². The highest BCUT2D eigenvalue weighted by Crippen LogP contribution is 2.26. The van der Waals surface area contributed by atoms with Gasteiger partial charge in [-0.15, -0.1) is 0 Å². The molecule has 23 heavy (non-hydrogen) atoms. The van der Waals surface area contributed by atoms with E-state index in [1.165, 1.54) is 18.2 Å². The van der Waals surface area contributed by atoms with Gasteiger partial charge in [-0.05, 0) is 42.7 Å². The highest BCUT2D eigenvalue weighted by atomic mass is 79.9. The van der Waals surface area contributed by atoms with Crippen molar-refractivity contribution in [2.45, 2.75) is 17.7 Å². The molecule has 124 valence electrons. The second kappa shape index (κ2) is 8.01. The predicted octanol–water partition coefficient (Wildman–Crippen LogP) is 3.31. The first-order chi connectivity index (χ1) is 10.9. The van der Waals surface area contributed by atoms with Crippen LogP contribution in [0.5, 0.6) is 0 Å². The van der Waals surface area contributed by atoms with Gasteiger partial charge in [0.2, 0.25) is 10.0 Å². The molecule has 0 unspecified atom stereocenters. The number of nitrogens with one attached hydrogen (secondary N) is 1. The van der Waals surface area contributed by atoms with Gasteiger partial charge < -0.3 is 5.11 Å². The lowest BCUT2D eigenvalue weighted by atomic mass is 10.1. The van der Waals surface area contributed by atoms with Crippen molar-refractivity contribution in [3.8, 4) is 11.1 Å². The van der Waals surface area contributed by atoms with E-state index in [-0.39, 0.29) is 23.9 Å². The largest absolute Gasteiger partial charge is 0.396 e. The zero-order chi connectivity index (χ0) is 16.9. The summed E-state index contributed by atoms with van der Waals surface area (Å²) in [5.41, 5.74) is 1.02. The SMILES string of the molecule is O=S(=O)(NCCCCO)c1ccc(-c2ccc(Br)cc2F)cc1. The first-order valence-electron chi connectivity index (χ1n) is 7.10. The number of aliphatic hydroxyl groups excluding tert-OH is 1. The number of hydrogen-bond donors (Lipinski definition) is 2. The lowest BCUT2D eigenvalue weighted by Gasteiger charge is -2.08. The molecule has 2 rings (SSSR count). The molecule has 2 N–H and O–H groups in total. The molecule has 0 aliphatic rings. The number of benzene rings is 2. The fourth-order valence-corrected chi connectivity index (χ4v) is 3.47. The molecule has 0 amide bonds. The van der Waals surface area contributed by atoms with Crippen LogP contribution in [0, 0.1) is 5.82 Å². The zero-order valence-electron chi connectivity index (χ0n) is 12.3. The summed E-state index contributed by atoms with van der Waals surface area (Å²) in [6, 6.07) is 10.8. The normalized spacial score (nSPS) is 11.6. The molecule has 7 heteroatoms. The molecule has 0 heterocycles. The van der Waals surface area contributed by atoms with E-state index < -0.39 is 10.0 Å². The summed E-state index contributed by atoms with van der Waals surface area (Å²) in [7, 11) is -3.59. The van der Waals surface area contributed by atoms with Gasteiger partial charge in [-0.1, -0.05) is 34.1 Å². The van der Waals surface area contributed by atoms with E-state index in [0.29, 0.717) is 28.4 Å². The van der Waals surface area contributed by atoms with Crippen LogP contribution in [0.1, 0.15) is 12.8 Å². The first kappa shape index (κ1) is 18.1. The smallest absolute Gasteiger partial charge is 0.240 e. The van der Waals surface area contributed by atoms with Crippen LogP contribution in [0.2, 0.25) is 0 Å². The Labute approximate surface area is 143 Å². The van der Waals surface area contributed by atoms with E-state index in [1.54, 1.807) is 24.3 Å². The van der Waals surface area contributed by atoms with Crippen molar-refractivity contribution in [3.63, 3.8) is 0 Å². The fourth-order valence-electron chi connectivity index (χ4n) is 2.06. The Balaban J connectivity index is 2.15. The molecule has 0 saturated carbocycles. The zero-order valence-corrected chi connectivity index (χ0v) is 14.7. The van der Waals surface area contributed by atoms with Crippen LogP contribution in [0.4, 0.5) is 4.39 Å². The van der Waals surface area contributed by atoms with Crippen LogP contribution >= 0.6 is 15.9 Å². The molecule has 0 saturated heterocycles. The average Bonchev–Trinajstić information content (AvgIpc) is 2.52. The molecule has 0 fully saturated rings. The van der Waals surface area contributed by atoms with Crippen molar-refractivity contribution in [3.05, 3.63) is 52.8 Å². The summed E-state index contributed by atoms with van der Waals surface area (Å²) in [5, 5.41) is 8.68. The Morgan fingerprint density at radius 1 is 1.09 bits per heavy atom. The third-order valence-corrected chi connectivity index (χ3v) is 5.25. The van der Waals surface area contributed by atoms with E-state index in [0.717, 1.165) is 0 Å². The van der Waals surface area contributed by atoms with Crippen LogP contribution in [0.3, 0.4) is 0 Å². The van der Waals surface area contributed by atoms with Gasteiger partial charge in [-0.3, -0.25) is 0 Å². The van der Waals surface area contributed by atoms with E-state index >= 15 is 0 Å². The maximum absolute atomic E-state index is 13.9. The van der Waals surface area contributed by atoms with Gasteiger partial charge in [0.05, 0.1) is 4.90 Å². The Morgan fingerprint density at radius 2 is 1.78 bits per heavy atom. The molecule has 0 atom stereocenters. The molecule has 4 nitrogen and oxygen atoms in total. The maximum atomic E-state index is 13.9. The number of halogens is 2. The Hall–Kier alpha value is -1.28. The molecule has 0 radical (unpaired) electrons. The number of hydrogen-bond acceptors (Lipinski definition) is 3. The van der Waals surface area contributed by atoms with Crippen molar-refractivity contribution in [1.82, 2.24) is 4.72 Å². The van der Waals surface area contributed by atoms with Crippen LogP contribution in [0.15, 0.2) is 51.8 Å². The molecule has 0 aliphatic carbocycles. The van der Waals surface area contributed by atoms with Crippen molar-refractivity contribution in [2.24, 2.45) is 0 Å². The van der Waals surface area contributed by atoms with Crippen molar-refractivity contribution >= 4 is 26.0 Å². The summed E-state index contributed by atoms with van der Waals surface area (Å²) in [6.07, 6.45) is 1.11. The van der Waals surface area contributed by atoms with Crippen LogP contribution in [0.25, 0.3) is 11.1 Å². The van der Waals surface area contributed by atoms with Crippen LogP contribution in [-0.4, -0.2) is 26.7 Å². The second-order valence-corrected chi connectivity index (χ2v) is 7.66. The van der Waals surface area contributed by atoms with Crippen LogP contribution in [-0.2, 0) is 10.0 Å². The lowest BCUT2D eigenvalue weighted by Crippen LogP contribution is -2.24. The molecule has 2 aromatic rings. The third-order valence-electron chi connectivity index (χ3n) is 3.28. The van der Waals surface area contributed by atoms with Crippen LogP contribution < -0.4 is 4.72 Å². The van der Waals surface area contributed by atoms with Gasteiger partial charge in [0.1, 0.15) is 5.82 Å². The minimum atomic E-state index is -3.59. The minimum absolute atomic E-state index is 0.0369. The topological polar surface area (TPSA) is 66.4 Å². The van der Waals surface area contributed by atoms with Gasteiger partial charge in [0, 0.05) is 23.2 Å². The van der Waals surface area contributed by atoms with Gasteiger partial charge >= 0.3 is 0 Å². The molecule has 0 aromatic heterocycles. The molecule has 0 bridgehead atoms. The lowest BCUT2D eigenvalue weighted by molar-refractivity contribution is 0.285. The standard InChI is InChI=1S/C16H17BrFNO3S/c17-13-5-8-15(16(18)11-13)12-3-6-14(7-4-12)23(21,22)19-9-1-2-10-20/h3-8,11,19-20H,1-2,9-10H2. The summed E-state index contributed by atoms with van der Waals surface area (Å²) < 4.78 is 41.2. The maximum Gasteiger partial charge on any atom is 0.240 e. The number of unbranched alkanes of at least 4 members (excludes halogenated alkanes) is 1. The highest BCUT2D eigenvalue weighted by Gasteiger charge is 2.14. The third kappa shape index (κ3) is 4.84. The Kier molecular flexibility index (Phi) is 6.29. The summed E-state index contributed by atoms with van der Waals surface area (Å²) in [5.74, 6) is -0.378. The van der Waals surface area contributed by atoms with Gasteiger partial charge in [-0.2, -0.15) is 0 Å². The van der Waals surface area contributed by atoms with Gasteiger partial charge in [0.25, 0.3) is 0 Å². The molecule has 0 aliphatic heterocycles. The van der Waals surface area contributed by atoms with E-state index in [4.69, 9.17) is 5.11 Å². The monoisotopic (exact) mass is 401 g/mol. The highest BCUT2D eigenvalue weighted by molar-refractivity contribution is 9.10. The summed E-state index contributed by atoms with van der Waals surface area (Å²) in [6.45, 7) is 0.307. The minimum Gasteiger partial charge on any atom is -0.396 e. The van der Waals surface area contributed by atoms with Gasteiger partial charge in [0.15, 0.2) is 0 Å². The van der Waals surface area contributed by atoms with Crippen molar-refractivity contribution < 1.29 is 17.9 Å². The average molecular weight is 402 g/mol.